The molecule has 0 aliphatic carbocycles. The fraction of sp³-hybridized carbons (Fsp3) is 0.500. The predicted molar refractivity (Wildman–Crippen MR) is 111 cm³/mol. The molecule has 1 rings (SSSR count). The lowest BCUT2D eigenvalue weighted by Gasteiger charge is -2.22. The van der Waals surface area contributed by atoms with Crippen LogP contribution in [-0.4, -0.2) is 63.1 Å². The summed E-state index contributed by atoms with van der Waals surface area (Å²) in [6.07, 6.45) is 0.630. The van der Waals surface area contributed by atoms with E-state index in [2.05, 4.69) is 21.3 Å². The second-order valence-corrected chi connectivity index (χ2v) is 7.49. The zero-order valence-electron chi connectivity index (χ0n) is 17.4. The first-order valence-corrected chi connectivity index (χ1v) is 9.60. The number of nitrogens with two attached hydrogens (primary N) is 1. The highest BCUT2D eigenvalue weighted by Crippen LogP contribution is 2.11. The summed E-state index contributed by atoms with van der Waals surface area (Å²) in [5.41, 5.74) is 6.25. The van der Waals surface area contributed by atoms with Crippen molar-refractivity contribution in [1.82, 2.24) is 21.3 Å². The Morgan fingerprint density at radius 1 is 1.10 bits per heavy atom. The highest BCUT2D eigenvalue weighted by atomic mass is 16.5. The van der Waals surface area contributed by atoms with Gasteiger partial charge in [0.25, 0.3) is 0 Å². The third kappa shape index (κ3) is 10.5. The summed E-state index contributed by atoms with van der Waals surface area (Å²) in [6.45, 7) is 4.21. The van der Waals surface area contributed by atoms with Gasteiger partial charge in [-0.15, -0.1) is 0 Å². The van der Waals surface area contributed by atoms with Crippen LogP contribution < -0.4 is 27.0 Å². The van der Waals surface area contributed by atoms with E-state index in [1.807, 2.05) is 44.2 Å². The van der Waals surface area contributed by atoms with Crippen LogP contribution in [0.3, 0.4) is 0 Å². The Hall–Kier alpha value is -2.98. The zero-order chi connectivity index (χ0) is 22.4. The number of carbonyl (C=O) groups excluding carboxylic acids is 4. The smallest absolute Gasteiger partial charge is 0.243 e. The van der Waals surface area contributed by atoms with Crippen molar-refractivity contribution in [2.24, 2.45) is 11.1 Å². The van der Waals surface area contributed by atoms with Crippen molar-refractivity contribution < 1.29 is 23.9 Å². The maximum atomic E-state index is 12.5. The predicted octanol–water partition coefficient (Wildman–Crippen LogP) is -1.35. The van der Waals surface area contributed by atoms with Gasteiger partial charge in [-0.1, -0.05) is 44.2 Å². The number of ether oxygens (including phenoxy) is 1. The molecular weight excluding hydrogens is 390 g/mol. The van der Waals surface area contributed by atoms with Crippen LogP contribution in [0.1, 0.15) is 19.4 Å². The molecule has 0 aromatic heterocycles. The SMILES string of the molecule is CC(C)(CN)COCNC(=O)CNC(=O)C(Cc1ccccc1)NC(=O)CNC=O. The van der Waals surface area contributed by atoms with Gasteiger partial charge >= 0.3 is 0 Å². The molecule has 0 radical (unpaired) electrons. The Morgan fingerprint density at radius 3 is 2.43 bits per heavy atom. The Labute approximate surface area is 176 Å². The first-order valence-electron chi connectivity index (χ1n) is 9.60. The number of rotatable bonds is 14. The summed E-state index contributed by atoms with van der Waals surface area (Å²) in [5.74, 6) is -1.46. The van der Waals surface area contributed by atoms with E-state index in [4.69, 9.17) is 10.5 Å². The van der Waals surface area contributed by atoms with Crippen LogP contribution >= 0.6 is 0 Å². The van der Waals surface area contributed by atoms with E-state index in [1.54, 1.807) is 0 Å². The minimum Gasteiger partial charge on any atom is -0.361 e. The van der Waals surface area contributed by atoms with Crippen LogP contribution in [0, 0.1) is 5.41 Å². The largest absolute Gasteiger partial charge is 0.361 e. The standard InChI is InChI=1S/C20H31N5O5/c1-20(2,11-21)12-30-14-24-17(27)10-23-19(29)16(25-18(28)9-22-13-26)8-15-6-4-3-5-7-15/h3-7,13,16H,8-12,14,21H2,1-2H3,(H,22,26)(H,23,29)(H,24,27)(H,25,28). The van der Waals surface area contributed by atoms with Crippen LogP contribution in [-0.2, 0) is 30.3 Å². The summed E-state index contributed by atoms with van der Waals surface area (Å²) < 4.78 is 5.37. The summed E-state index contributed by atoms with van der Waals surface area (Å²) in [5, 5.41) is 9.84. The van der Waals surface area contributed by atoms with Gasteiger partial charge in [-0.05, 0) is 12.1 Å². The molecule has 0 saturated heterocycles. The van der Waals surface area contributed by atoms with Crippen molar-refractivity contribution >= 4 is 24.1 Å². The van der Waals surface area contributed by atoms with E-state index in [9.17, 15) is 19.2 Å². The summed E-state index contributed by atoms with van der Waals surface area (Å²) >= 11 is 0. The van der Waals surface area contributed by atoms with Crippen LogP contribution in [0.2, 0.25) is 0 Å². The van der Waals surface area contributed by atoms with Crippen molar-refractivity contribution in [2.45, 2.75) is 26.3 Å². The van der Waals surface area contributed by atoms with E-state index in [-0.39, 0.29) is 31.7 Å². The van der Waals surface area contributed by atoms with Gasteiger partial charge in [0.15, 0.2) is 0 Å². The summed E-state index contributed by atoms with van der Waals surface area (Å²) in [6, 6.07) is 8.22. The topological polar surface area (TPSA) is 152 Å². The lowest BCUT2D eigenvalue weighted by atomic mass is 9.95. The van der Waals surface area contributed by atoms with E-state index in [0.29, 0.717) is 19.6 Å². The van der Waals surface area contributed by atoms with Crippen molar-refractivity contribution in [3.63, 3.8) is 0 Å². The Morgan fingerprint density at radius 2 is 1.80 bits per heavy atom. The molecule has 0 heterocycles. The van der Waals surface area contributed by atoms with Gasteiger partial charge in [-0.3, -0.25) is 19.2 Å². The van der Waals surface area contributed by atoms with Crippen molar-refractivity contribution in [2.75, 3.05) is 33.0 Å². The molecule has 10 nitrogen and oxygen atoms in total. The van der Waals surface area contributed by atoms with Gasteiger partial charge in [0.05, 0.1) is 19.7 Å². The summed E-state index contributed by atoms with van der Waals surface area (Å²) in [7, 11) is 0. The third-order valence-electron chi connectivity index (χ3n) is 4.12. The van der Waals surface area contributed by atoms with Gasteiger partial charge in [0.1, 0.15) is 12.8 Å². The Bertz CT molecular complexity index is 696. The highest BCUT2D eigenvalue weighted by Gasteiger charge is 2.22. The average Bonchev–Trinajstić information content (AvgIpc) is 2.73. The van der Waals surface area contributed by atoms with Crippen molar-refractivity contribution in [3.8, 4) is 0 Å². The molecule has 0 bridgehead atoms. The molecule has 1 atom stereocenters. The zero-order valence-corrected chi connectivity index (χ0v) is 17.4. The number of hydrogen-bond donors (Lipinski definition) is 5. The maximum Gasteiger partial charge on any atom is 0.243 e. The van der Waals surface area contributed by atoms with Gasteiger partial charge in [-0.25, -0.2) is 0 Å². The van der Waals surface area contributed by atoms with E-state index in [0.717, 1.165) is 5.56 Å². The molecular formula is C20H31N5O5. The molecule has 166 valence electrons. The van der Waals surface area contributed by atoms with Crippen LogP contribution in [0.25, 0.3) is 0 Å². The monoisotopic (exact) mass is 421 g/mol. The average molecular weight is 421 g/mol. The molecule has 1 aromatic carbocycles. The number of benzene rings is 1. The molecule has 1 aromatic rings. The van der Waals surface area contributed by atoms with Gasteiger partial charge in [-0.2, -0.15) is 0 Å². The molecule has 1 unspecified atom stereocenters. The minimum absolute atomic E-state index is 0.000319. The lowest BCUT2D eigenvalue weighted by molar-refractivity contribution is -0.130. The first kappa shape index (κ1) is 25.1. The third-order valence-corrected chi connectivity index (χ3v) is 4.12. The van der Waals surface area contributed by atoms with E-state index in [1.165, 1.54) is 0 Å². The molecule has 0 fully saturated rings. The number of carbonyl (C=O) groups is 4. The highest BCUT2D eigenvalue weighted by molar-refractivity contribution is 5.91. The Kier molecular flexibility index (Phi) is 11.1. The molecule has 6 N–H and O–H groups in total. The second kappa shape index (κ2) is 13.3. The summed E-state index contributed by atoms with van der Waals surface area (Å²) in [4.78, 5) is 46.7. The normalized spacial score (nSPS) is 11.8. The molecule has 0 saturated carbocycles. The van der Waals surface area contributed by atoms with Crippen LogP contribution in [0.4, 0.5) is 0 Å². The number of hydrogen-bond acceptors (Lipinski definition) is 6. The van der Waals surface area contributed by atoms with Gasteiger partial charge < -0.3 is 31.7 Å². The fourth-order valence-electron chi connectivity index (χ4n) is 2.31. The fourth-order valence-corrected chi connectivity index (χ4v) is 2.31. The van der Waals surface area contributed by atoms with Crippen molar-refractivity contribution in [3.05, 3.63) is 35.9 Å². The van der Waals surface area contributed by atoms with Gasteiger partial charge in [0, 0.05) is 11.8 Å². The van der Waals surface area contributed by atoms with E-state index < -0.39 is 23.8 Å². The molecule has 0 aliphatic heterocycles. The van der Waals surface area contributed by atoms with Crippen molar-refractivity contribution in [1.29, 1.82) is 0 Å². The quantitative estimate of drug-likeness (QED) is 0.142. The first-order chi connectivity index (χ1) is 14.3. The maximum absolute atomic E-state index is 12.5. The molecule has 4 amide bonds. The number of amides is 4. The van der Waals surface area contributed by atoms with E-state index >= 15 is 0 Å². The number of nitrogens with one attached hydrogen (secondary N) is 4. The minimum atomic E-state index is -0.900. The van der Waals surface area contributed by atoms with Gasteiger partial charge in [0.2, 0.25) is 24.1 Å². The molecule has 0 aliphatic rings. The van der Waals surface area contributed by atoms with Crippen LogP contribution in [0.15, 0.2) is 30.3 Å². The molecule has 0 spiro atoms. The molecule has 10 heteroatoms. The molecule has 30 heavy (non-hydrogen) atoms. The second-order valence-electron chi connectivity index (χ2n) is 7.49. The lowest BCUT2D eigenvalue weighted by Crippen LogP contribution is -2.51. The van der Waals surface area contributed by atoms with Crippen LogP contribution in [0.5, 0.6) is 0 Å². The Balaban J connectivity index is 2.52.